The topological polar surface area (TPSA) is 126 Å². The largest absolute Gasteiger partial charge is 0.479 e. The summed E-state index contributed by atoms with van der Waals surface area (Å²) in [6.45, 7) is 14.2. The van der Waals surface area contributed by atoms with Crippen molar-refractivity contribution in [1.29, 1.82) is 0 Å². The Kier molecular flexibility index (Phi) is 8.81. The number of carbonyl (C=O) groups is 3. The Bertz CT molecular complexity index is 1500. The van der Waals surface area contributed by atoms with Crippen molar-refractivity contribution >= 4 is 29.1 Å². The Hall–Kier alpha value is -4.12. The third kappa shape index (κ3) is 7.02. The molecular weight excluding hydrogens is 541 g/mol. The Balaban J connectivity index is 1.68. The van der Waals surface area contributed by atoms with Gasteiger partial charge in [-0.3, -0.25) is 9.59 Å². The molecule has 0 aliphatic carbocycles. The minimum absolute atomic E-state index is 0.0337. The van der Waals surface area contributed by atoms with E-state index in [0.717, 1.165) is 12.8 Å². The number of aryl methyl sites for hydroxylation is 1. The SMILES string of the molecule is C=CC1(C)CCN(c2c(C(OC(C)(C)C)C(=O)O)c(C)nc3cc(C(=O)NCC(=O)Cc4ccc(F)cc4)nn23)CC1. The summed E-state index contributed by atoms with van der Waals surface area (Å²) in [6, 6.07) is 7.12. The second kappa shape index (κ2) is 12.0. The number of allylic oxidation sites excluding steroid dienone is 1. The number of piperidine rings is 1. The number of amides is 1. The van der Waals surface area contributed by atoms with Gasteiger partial charge in [-0.15, -0.1) is 6.58 Å². The molecule has 0 spiro atoms. The fourth-order valence-corrected chi connectivity index (χ4v) is 5.02. The number of carboxylic acid groups (broad SMARTS) is 1. The maximum absolute atomic E-state index is 13.2. The van der Waals surface area contributed by atoms with Crippen molar-refractivity contribution in [2.45, 2.75) is 65.6 Å². The Labute approximate surface area is 244 Å². The van der Waals surface area contributed by atoms with E-state index >= 15 is 0 Å². The molecule has 11 heteroatoms. The molecule has 0 saturated carbocycles. The van der Waals surface area contributed by atoms with Crippen LogP contribution in [-0.2, 0) is 20.7 Å². The average Bonchev–Trinajstić information content (AvgIpc) is 3.35. The summed E-state index contributed by atoms with van der Waals surface area (Å²) >= 11 is 0. The summed E-state index contributed by atoms with van der Waals surface area (Å²) in [7, 11) is 0. The number of benzene rings is 1. The zero-order valence-corrected chi connectivity index (χ0v) is 24.7. The first-order valence-electron chi connectivity index (χ1n) is 13.9. The first-order valence-corrected chi connectivity index (χ1v) is 13.9. The van der Waals surface area contributed by atoms with Gasteiger partial charge in [-0.05, 0) is 63.6 Å². The molecule has 1 fully saturated rings. The van der Waals surface area contributed by atoms with Crippen LogP contribution in [0.15, 0.2) is 43.0 Å². The van der Waals surface area contributed by atoms with Crippen LogP contribution in [0.1, 0.15) is 73.9 Å². The van der Waals surface area contributed by atoms with Crippen molar-refractivity contribution in [3.63, 3.8) is 0 Å². The first kappa shape index (κ1) is 30.8. The summed E-state index contributed by atoms with van der Waals surface area (Å²) in [5.41, 5.74) is 1.05. The molecular formula is C31H38FN5O5. The van der Waals surface area contributed by atoms with E-state index in [1.165, 1.54) is 34.8 Å². The number of aliphatic carboxylic acids is 1. The molecule has 1 aliphatic rings. The second-order valence-electron chi connectivity index (χ2n) is 12.1. The van der Waals surface area contributed by atoms with Gasteiger partial charge in [0.2, 0.25) is 0 Å². The summed E-state index contributed by atoms with van der Waals surface area (Å²) in [5.74, 6) is -1.87. The van der Waals surface area contributed by atoms with Gasteiger partial charge >= 0.3 is 5.97 Å². The summed E-state index contributed by atoms with van der Waals surface area (Å²) in [4.78, 5) is 44.7. The molecule has 42 heavy (non-hydrogen) atoms. The maximum atomic E-state index is 13.2. The molecule has 4 rings (SSSR count). The molecule has 10 nitrogen and oxygen atoms in total. The van der Waals surface area contributed by atoms with Crippen molar-refractivity contribution < 1.29 is 28.6 Å². The highest BCUT2D eigenvalue weighted by molar-refractivity contribution is 5.96. The van der Waals surface area contributed by atoms with Gasteiger partial charge in [-0.1, -0.05) is 25.1 Å². The molecule has 224 valence electrons. The van der Waals surface area contributed by atoms with Crippen LogP contribution in [0, 0.1) is 18.2 Å². The molecule has 2 aromatic heterocycles. The molecule has 0 bridgehead atoms. The summed E-state index contributed by atoms with van der Waals surface area (Å²) < 4.78 is 20.7. The smallest absolute Gasteiger partial charge is 0.337 e. The molecule has 1 amide bonds. The number of aromatic nitrogens is 3. The van der Waals surface area contributed by atoms with E-state index in [9.17, 15) is 23.9 Å². The Morgan fingerprint density at radius 3 is 2.43 bits per heavy atom. The van der Waals surface area contributed by atoms with Crippen LogP contribution in [0.5, 0.6) is 0 Å². The van der Waals surface area contributed by atoms with E-state index < -0.39 is 29.4 Å². The zero-order valence-electron chi connectivity index (χ0n) is 24.7. The van der Waals surface area contributed by atoms with Crippen molar-refractivity contribution in [3.05, 3.63) is 71.3 Å². The quantitative estimate of drug-likeness (QED) is 0.338. The summed E-state index contributed by atoms with van der Waals surface area (Å²) in [5, 5.41) is 17.4. The van der Waals surface area contributed by atoms with Gasteiger partial charge in [0, 0.05) is 31.3 Å². The Morgan fingerprint density at radius 1 is 1.21 bits per heavy atom. The van der Waals surface area contributed by atoms with Crippen LogP contribution in [0.25, 0.3) is 5.65 Å². The van der Waals surface area contributed by atoms with Gasteiger partial charge in [-0.25, -0.2) is 14.2 Å². The van der Waals surface area contributed by atoms with E-state index in [4.69, 9.17) is 4.74 Å². The number of carboxylic acids is 1. The van der Waals surface area contributed by atoms with Crippen molar-refractivity contribution in [1.82, 2.24) is 19.9 Å². The predicted molar refractivity (Wildman–Crippen MR) is 156 cm³/mol. The molecule has 0 radical (unpaired) electrons. The van der Waals surface area contributed by atoms with Gasteiger partial charge in [0.25, 0.3) is 5.91 Å². The highest BCUT2D eigenvalue weighted by Gasteiger charge is 2.37. The minimum atomic E-state index is -1.32. The third-order valence-electron chi connectivity index (χ3n) is 7.45. The van der Waals surface area contributed by atoms with Crippen molar-refractivity contribution in [3.8, 4) is 0 Å². The van der Waals surface area contributed by atoms with Gasteiger partial charge in [0.1, 0.15) is 11.6 Å². The molecule has 1 unspecified atom stereocenters. The number of nitrogens with one attached hydrogen (secondary N) is 1. The van der Waals surface area contributed by atoms with Gasteiger partial charge < -0.3 is 20.1 Å². The number of ether oxygens (including phenoxy) is 1. The van der Waals surface area contributed by atoms with Gasteiger partial charge in [0.15, 0.2) is 23.2 Å². The number of hydrogen-bond acceptors (Lipinski definition) is 7. The lowest BCUT2D eigenvalue weighted by Crippen LogP contribution is -2.40. The normalized spacial score (nSPS) is 15.8. The average molecular weight is 580 g/mol. The molecule has 1 atom stereocenters. The van der Waals surface area contributed by atoms with E-state index in [1.807, 2.05) is 6.08 Å². The number of Topliss-reactive ketones (excluding diaryl/α,β-unsaturated/α-hetero) is 1. The lowest BCUT2D eigenvalue weighted by atomic mass is 9.80. The molecule has 3 heterocycles. The first-order chi connectivity index (χ1) is 19.7. The van der Waals surface area contributed by atoms with E-state index in [0.29, 0.717) is 41.4 Å². The van der Waals surface area contributed by atoms with Crippen LogP contribution >= 0.6 is 0 Å². The number of halogens is 1. The van der Waals surface area contributed by atoms with Crippen LogP contribution in [0.4, 0.5) is 10.2 Å². The highest BCUT2D eigenvalue weighted by Crippen LogP contribution is 2.39. The monoisotopic (exact) mass is 579 g/mol. The Morgan fingerprint density at radius 2 is 1.86 bits per heavy atom. The predicted octanol–water partition coefficient (Wildman–Crippen LogP) is 4.45. The van der Waals surface area contributed by atoms with Gasteiger partial charge in [0.05, 0.1) is 17.7 Å². The fourth-order valence-electron chi connectivity index (χ4n) is 5.02. The van der Waals surface area contributed by atoms with E-state index in [1.54, 1.807) is 27.7 Å². The van der Waals surface area contributed by atoms with E-state index in [-0.39, 0.29) is 29.9 Å². The standard InChI is InChI=1S/C31H38FN5O5/c1-7-31(6)12-14-36(15-13-31)28-25(26(29(40)41)42-30(3,4)5)19(2)34-24-17-23(35-37(24)28)27(39)33-18-22(38)16-20-8-10-21(32)11-9-20/h7-11,17,26H,1,12-16,18H2,2-6H3,(H,33,39)(H,40,41). The summed E-state index contributed by atoms with van der Waals surface area (Å²) in [6.07, 6.45) is 2.26. The molecule has 1 saturated heterocycles. The number of anilines is 1. The van der Waals surface area contributed by atoms with E-state index in [2.05, 4.69) is 33.8 Å². The number of ketones is 1. The lowest BCUT2D eigenvalue weighted by Gasteiger charge is -2.40. The van der Waals surface area contributed by atoms with Crippen LogP contribution < -0.4 is 10.2 Å². The minimum Gasteiger partial charge on any atom is -0.479 e. The number of fused-ring (bicyclic) bond motifs is 1. The molecule has 2 N–H and O–H groups in total. The second-order valence-corrected chi connectivity index (χ2v) is 12.1. The fraction of sp³-hybridized carbons (Fsp3) is 0.452. The molecule has 1 aliphatic heterocycles. The zero-order chi connectivity index (χ0) is 30.8. The third-order valence-corrected chi connectivity index (χ3v) is 7.45. The van der Waals surface area contributed by atoms with Crippen molar-refractivity contribution in [2.75, 3.05) is 24.5 Å². The highest BCUT2D eigenvalue weighted by atomic mass is 19.1. The van der Waals surface area contributed by atoms with Crippen LogP contribution in [0.2, 0.25) is 0 Å². The molecule has 1 aromatic carbocycles. The maximum Gasteiger partial charge on any atom is 0.337 e. The number of rotatable bonds is 10. The molecule has 3 aromatic rings. The van der Waals surface area contributed by atoms with Crippen LogP contribution in [0.3, 0.4) is 0 Å². The van der Waals surface area contributed by atoms with Gasteiger partial charge in [-0.2, -0.15) is 9.61 Å². The number of hydrogen-bond donors (Lipinski definition) is 2. The number of nitrogens with zero attached hydrogens (tertiary/aromatic N) is 4. The lowest BCUT2D eigenvalue weighted by molar-refractivity contribution is -0.160. The van der Waals surface area contributed by atoms with Crippen LogP contribution in [-0.4, -0.2) is 62.6 Å². The number of carbonyl (C=O) groups excluding carboxylic acids is 2. The van der Waals surface area contributed by atoms with Crippen molar-refractivity contribution in [2.24, 2.45) is 5.41 Å².